The summed E-state index contributed by atoms with van der Waals surface area (Å²) in [5.74, 6) is 0.891. The number of rotatable bonds is 7. The smallest absolute Gasteiger partial charge is 0.176 e. The maximum Gasteiger partial charge on any atom is 0.176 e. The molecule has 0 aromatic heterocycles. The van der Waals surface area contributed by atoms with Gasteiger partial charge in [-0.1, -0.05) is 24.3 Å². The second-order valence-corrected chi connectivity index (χ2v) is 9.52. The van der Waals surface area contributed by atoms with Crippen LogP contribution in [0.3, 0.4) is 0 Å². The average Bonchev–Trinajstić information content (AvgIpc) is 3.29. The van der Waals surface area contributed by atoms with Crippen LogP contribution in [-0.2, 0) is 16.0 Å². The average molecular weight is 469 g/mol. The fourth-order valence-corrected chi connectivity index (χ4v) is 5.34. The van der Waals surface area contributed by atoms with Crippen LogP contribution in [0.2, 0.25) is 0 Å². The van der Waals surface area contributed by atoms with Gasteiger partial charge in [-0.05, 0) is 29.8 Å². The standard InChI is InChI=1S/C26H36N4O4/c1-28(2)19-10-8-18(9-11-19)16-27-23-22-17-33-26(34-22)24(25(23)31)30-14-12-29(13-15-30)20-6-4-5-7-21(20)32-3/h4-11,22-27,31H,12-17H2,1-3H3/t22-,23-,24-,25+,26-/m1/s1. The number of anilines is 2. The van der Waals surface area contributed by atoms with Crippen molar-refractivity contribution in [2.45, 2.75) is 37.1 Å². The zero-order valence-corrected chi connectivity index (χ0v) is 20.3. The van der Waals surface area contributed by atoms with Gasteiger partial charge in [0.25, 0.3) is 0 Å². The maximum absolute atomic E-state index is 11.4. The first-order chi connectivity index (χ1) is 16.5. The van der Waals surface area contributed by atoms with E-state index in [0.717, 1.165) is 37.6 Å². The Balaban J connectivity index is 1.22. The molecule has 5 atom stereocenters. The molecule has 34 heavy (non-hydrogen) atoms. The van der Waals surface area contributed by atoms with Crippen LogP contribution >= 0.6 is 0 Å². The van der Waals surface area contributed by atoms with Gasteiger partial charge in [-0.2, -0.15) is 0 Å². The summed E-state index contributed by atoms with van der Waals surface area (Å²) in [6, 6.07) is 16.2. The third-order valence-corrected chi connectivity index (χ3v) is 7.29. The van der Waals surface area contributed by atoms with Gasteiger partial charge in [0.1, 0.15) is 11.9 Å². The molecule has 0 saturated carbocycles. The molecule has 184 valence electrons. The van der Waals surface area contributed by atoms with Gasteiger partial charge in [0.15, 0.2) is 6.29 Å². The summed E-state index contributed by atoms with van der Waals surface area (Å²) in [6.45, 7) is 4.55. The van der Waals surface area contributed by atoms with Crippen LogP contribution in [0.15, 0.2) is 48.5 Å². The number of benzene rings is 2. The highest BCUT2D eigenvalue weighted by molar-refractivity contribution is 5.58. The van der Waals surface area contributed by atoms with Gasteiger partial charge in [0.05, 0.1) is 37.6 Å². The number of aliphatic hydroxyl groups excluding tert-OH is 1. The van der Waals surface area contributed by atoms with E-state index in [1.807, 2.05) is 32.3 Å². The highest BCUT2D eigenvalue weighted by Crippen LogP contribution is 2.34. The Kier molecular flexibility index (Phi) is 6.94. The number of aliphatic hydroxyl groups is 1. The Labute approximate surface area is 202 Å². The fraction of sp³-hybridized carbons (Fsp3) is 0.538. The van der Waals surface area contributed by atoms with Crippen molar-refractivity contribution >= 4 is 11.4 Å². The molecule has 0 aliphatic carbocycles. The van der Waals surface area contributed by atoms with Crippen LogP contribution in [0.4, 0.5) is 11.4 Å². The highest BCUT2D eigenvalue weighted by Gasteiger charge is 2.52. The van der Waals surface area contributed by atoms with E-state index in [0.29, 0.717) is 13.2 Å². The number of hydrogen-bond acceptors (Lipinski definition) is 8. The molecule has 0 spiro atoms. The number of piperazine rings is 1. The van der Waals surface area contributed by atoms with Crippen molar-refractivity contribution in [3.63, 3.8) is 0 Å². The first-order valence-corrected chi connectivity index (χ1v) is 12.1. The number of hydrogen-bond donors (Lipinski definition) is 2. The second-order valence-electron chi connectivity index (χ2n) is 9.52. The molecular weight excluding hydrogens is 432 g/mol. The Morgan fingerprint density at radius 3 is 2.50 bits per heavy atom. The molecule has 3 saturated heterocycles. The first kappa shape index (κ1) is 23.4. The predicted molar refractivity (Wildman–Crippen MR) is 133 cm³/mol. The lowest BCUT2D eigenvalue weighted by atomic mass is 9.94. The van der Waals surface area contributed by atoms with Crippen LogP contribution in [0.1, 0.15) is 5.56 Å². The van der Waals surface area contributed by atoms with E-state index in [4.69, 9.17) is 14.2 Å². The summed E-state index contributed by atoms with van der Waals surface area (Å²) in [4.78, 5) is 6.75. The summed E-state index contributed by atoms with van der Waals surface area (Å²) in [5, 5.41) is 15.0. The van der Waals surface area contributed by atoms with Gasteiger partial charge in [-0.15, -0.1) is 0 Å². The largest absolute Gasteiger partial charge is 0.495 e. The van der Waals surface area contributed by atoms with Crippen LogP contribution in [0, 0.1) is 0 Å². The Morgan fingerprint density at radius 1 is 1.06 bits per heavy atom. The van der Waals surface area contributed by atoms with Crippen molar-refractivity contribution < 1.29 is 19.3 Å². The molecule has 3 aliphatic heterocycles. The third kappa shape index (κ3) is 4.61. The van der Waals surface area contributed by atoms with E-state index in [1.165, 1.54) is 11.3 Å². The van der Waals surface area contributed by atoms with E-state index >= 15 is 0 Å². The van der Waals surface area contributed by atoms with E-state index in [1.54, 1.807) is 7.11 Å². The van der Waals surface area contributed by atoms with Crippen LogP contribution in [0.5, 0.6) is 5.75 Å². The molecule has 3 fully saturated rings. The molecule has 5 rings (SSSR count). The highest BCUT2D eigenvalue weighted by atomic mass is 16.7. The number of nitrogens with one attached hydrogen (secondary N) is 1. The molecule has 0 radical (unpaired) electrons. The molecule has 2 bridgehead atoms. The quantitative estimate of drug-likeness (QED) is 0.634. The Bertz CT molecular complexity index is 948. The lowest BCUT2D eigenvalue weighted by Gasteiger charge is -2.47. The van der Waals surface area contributed by atoms with Crippen LogP contribution < -0.4 is 19.9 Å². The topological polar surface area (TPSA) is 69.7 Å². The minimum atomic E-state index is -0.565. The maximum atomic E-state index is 11.4. The van der Waals surface area contributed by atoms with Crippen molar-refractivity contribution in [2.75, 3.05) is 63.8 Å². The number of methoxy groups -OCH3 is 1. The van der Waals surface area contributed by atoms with Gasteiger partial charge < -0.3 is 34.4 Å². The molecule has 3 aliphatic rings. The van der Waals surface area contributed by atoms with E-state index in [2.05, 4.69) is 50.3 Å². The van der Waals surface area contributed by atoms with E-state index in [9.17, 15) is 5.11 Å². The monoisotopic (exact) mass is 468 g/mol. The normalized spacial score (nSPS) is 29.3. The molecular formula is C26H36N4O4. The first-order valence-electron chi connectivity index (χ1n) is 12.1. The molecule has 8 heteroatoms. The molecule has 0 amide bonds. The fourth-order valence-electron chi connectivity index (χ4n) is 5.34. The summed E-state index contributed by atoms with van der Waals surface area (Å²) in [5.41, 5.74) is 3.46. The number of ether oxygens (including phenoxy) is 3. The van der Waals surface area contributed by atoms with E-state index < -0.39 is 6.10 Å². The van der Waals surface area contributed by atoms with Gasteiger partial charge in [-0.25, -0.2) is 0 Å². The predicted octanol–water partition coefficient (Wildman–Crippen LogP) is 1.53. The van der Waals surface area contributed by atoms with Gasteiger partial charge in [-0.3, -0.25) is 4.90 Å². The summed E-state index contributed by atoms with van der Waals surface area (Å²) < 4.78 is 17.7. The molecule has 2 N–H and O–H groups in total. The lowest BCUT2D eigenvalue weighted by Crippen LogP contribution is -2.66. The zero-order valence-electron chi connectivity index (χ0n) is 20.3. The molecule has 0 unspecified atom stereocenters. The summed E-state index contributed by atoms with van der Waals surface area (Å²) in [6.07, 6.45) is -1.08. The summed E-state index contributed by atoms with van der Waals surface area (Å²) in [7, 11) is 5.79. The van der Waals surface area contributed by atoms with Gasteiger partial charge in [0.2, 0.25) is 0 Å². The molecule has 3 heterocycles. The number of nitrogens with zero attached hydrogens (tertiary/aromatic N) is 3. The van der Waals surface area contributed by atoms with Crippen molar-refractivity contribution in [1.29, 1.82) is 0 Å². The van der Waals surface area contributed by atoms with Gasteiger partial charge in [0, 0.05) is 52.5 Å². The lowest BCUT2D eigenvalue weighted by molar-refractivity contribution is -0.183. The van der Waals surface area contributed by atoms with Gasteiger partial charge >= 0.3 is 0 Å². The Hall–Kier alpha value is -2.36. The minimum absolute atomic E-state index is 0.132. The van der Waals surface area contributed by atoms with Crippen LogP contribution in [-0.4, -0.2) is 94.6 Å². The SMILES string of the molecule is COc1ccccc1N1CCN([C@H]2[C@@H]3OC[C@@H](O3)[C@@H](NCc3ccc(N(C)C)cc3)[C@@H]2O)CC1. The zero-order chi connectivity index (χ0) is 23.7. The molecule has 2 aromatic carbocycles. The van der Waals surface area contributed by atoms with Crippen LogP contribution in [0.25, 0.3) is 0 Å². The van der Waals surface area contributed by atoms with Crippen molar-refractivity contribution in [1.82, 2.24) is 10.2 Å². The summed E-state index contributed by atoms with van der Waals surface area (Å²) >= 11 is 0. The second kappa shape index (κ2) is 10.1. The van der Waals surface area contributed by atoms with E-state index in [-0.39, 0.29) is 24.5 Å². The third-order valence-electron chi connectivity index (χ3n) is 7.29. The van der Waals surface area contributed by atoms with Crippen molar-refractivity contribution in [3.8, 4) is 5.75 Å². The van der Waals surface area contributed by atoms with Crippen molar-refractivity contribution in [3.05, 3.63) is 54.1 Å². The van der Waals surface area contributed by atoms with Crippen molar-refractivity contribution in [2.24, 2.45) is 0 Å². The minimum Gasteiger partial charge on any atom is -0.495 e. The molecule has 8 nitrogen and oxygen atoms in total. The Morgan fingerprint density at radius 2 is 1.79 bits per heavy atom. The number of para-hydroxylation sites is 2. The molecule has 2 aromatic rings. The number of fused-ring (bicyclic) bond motifs is 2.